The van der Waals surface area contributed by atoms with Crippen LogP contribution in [0.15, 0.2) is 35.3 Å². The molecule has 1 nitrogen and oxygen atoms in total. The Morgan fingerprint density at radius 1 is 1.58 bits per heavy atom. The molecule has 0 saturated heterocycles. The van der Waals surface area contributed by atoms with Crippen molar-refractivity contribution in [2.45, 2.75) is 6.10 Å². The number of halogens is 2. The molecule has 0 radical (unpaired) electrons. The van der Waals surface area contributed by atoms with Gasteiger partial charge in [-0.3, -0.25) is 0 Å². The molecule has 1 rings (SSSR count). The summed E-state index contributed by atoms with van der Waals surface area (Å²) >= 11 is 3.20. The second-order valence-corrected chi connectivity index (χ2v) is 3.20. The molecule has 1 unspecified atom stereocenters. The summed E-state index contributed by atoms with van der Waals surface area (Å²) in [6.45, 7) is 3.41. The zero-order chi connectivity index (χ0) is 9.14. The van der Waals surface area contributed by atoms with Crippen molar-refractivity contribution in [3.05, 3.63) is 46.7 Å². The summed E-state index contributed by atoms with van der Waals surface area (Å²) in [4.78, 5) is 0. The van der Waals surface area contributed by atoms with Gasteiger partial charge in [-0.1, -0.05) is 22.0 Å². The SMILES string of the molecule is C=CC(O)c1cc(F)ccc1Br. The van der Waals surface area contributed by atoms with Crippen molar-refractivity contribution in [3.63, 3.8) is 0 Å². The largest absolute Gasteiger partial charge is 0.384 e. The molecular weight excluding hydrogens is 223 g/mol. The first kappa shape index (κ1) is 9.42. The molecule has 0 fully saturated rings. The number of aliphatic hydroxyl groups is 1. The van der Waals surface area contributed by atoms with Crippen molar-refractivity contribution in [2.75, 3.05) is 0 Å². The third-order valence-corrected chi connectivity index (χ3v) is 2.22. The number of aliphatic hydroxyl groups excluding tert-OH is 1. The van der Waals surface area contributed by atoms with Gasteiger partial charge in [0.25, 0.3) is 0 Å². The molecule has 0 aliphatic carbocycles. The van der Waals surface area contributed by atoms with E-state index in [1.807, 2.05) is 0 Å². The van der Waals surface area contributed by atoms with Crippen LogP contribution in [0.5, 0.6) is 0 Å². The molecule has 12 heavy (non-hydrogen) atoms. The standard InChI is InChI=1S/C9H8BrFO/c1-2-9(12)7-5-6(11)3-4-8(7)10/h2-5,9,12H,1H2. The Hall–Kier alpha value is -0.670. The highest BCUT2D eigenvalue weighted by atomic mass is 79.9. The smallest absolute Gasteiger partial charge is 0.123 e. The lowest BCUT2D eigenvalue weighted by atomic mass is 10.1. The topological polar surface area (TPSA) is 20.2 Å². The maximum Gasteiger partial charge on any atom is 0.123 e. The van der Waals surface area contributed by atoms with Crippen molar-refractivity contribution in [1.29, 1.82) is 0 Å². The van der Waals surface area contributed by atoms with E-state index in [1.54, 1.807) is 6.07 Å². The van der Waals surface area contributed by atoms with E-state index in [9.17, 15) is 9.50 Å². The quantitative estimate of drug-likeness (QED) is 0.776. The molecule has 0 saturated carbocycles. The van der Waals surface area contributed by atoms with Crippen molar-refractivity contribution in [3.8, 4) is 0 Å². The van der Waals surface area contributed by atoms with E-state index in [1.165, 1.54) is 18.2 Å². The molecule has 0 aromatic heterocycles. The highest BCUT2D eigenvalue weighted by Crippen LogP contribution is 2.24. The van der Waals surface area contributed by atoms with Gasteiger partial charge in [-0.25, -0.2) is 4.39 Å². The predicted molar refractivity (Wildman–Crippen MR) is 49.3 cm³/mol. The number of hydrogen-bond acceptors (Lipinski definition) is 1. The Labute approximate surface area is 78.7 Å². The van der Waals surface area contributed by atoms with Gasteiger partial charge in [0.2, 0.25) is 0 Å². The minimum atomic E-state index is -0.824. The fourth-order valence-corrected chi connectivity index (χ4v) is 1.35. The number of hydrogen-bond donors (Lipinski definition) is 1. The van der Waals surface area contributed by atoms with E-state index in [0.29, 0.717) is 10.0 Å². The lowest BCUT2D eigenvalue weighted by Crippen LogP contribution is -1.94. The fraction of sp³-hybridized carbons (Fsp3) is 0.111. The molecule has 64 valence electrons. The van der Waals surface area contributed by atoms with Gasteiger partial charge < -0.3 is 5.11 Å². The fourth-order valence-electron chi connectivity index (χ4n) is 0.868. The van der Waals surface area contributed by atoms with Crippen molar-refractivity contribution < 1.29 is 9.50 Å². The van der Waals surface area contributed by atoms with Crippen LogP contribution in [0.4, 0.5) is 4.39 Å². The molecule has 1 aromatic carbocycles. The molecule has 1 N–H and O–H groups in total. The highest BCUT2D eigenvalue weighted by Gasteiger charge is 2.07. The number of benzene rings is 1. The van der Waals surface area contributed by atoms with E-state index < -0.39 is 6.10 Å². The molecule has 0 spiro atoms. The second-order valence-electron chi connectivity index (χ2n) is 2.35. The Kier molecular flexibility index (Phi) is 3.00. The molecule has 0 bridgehead atoms. The van der Waals surface area contributed by atoms with Gasteiger partial charge in [0.15, 0.2) is 0 Å². The van der Waals surface area contributed by atoms with Gasteiger partial charge in [-0.2, -0.15) is 0 Å². The summed E-state index contributed by atoms with van der Waals surface area (Å²) < 4.78 is 13.4. The van der Waals surface area contributed by atoms with Crippen LogP contribution < -0.4 is 0 Å². The normalized spacial score (nSPS) is 12.6. The van der Waals surface area contributed by atoms with E-state index in [0.717, 1.165) is 0 Å². The Morgan fingerprint density at radius 2 is 2.25 bits per heavy atom. The van der Waals surface area contributed by atoms with Crippen molar-refractivity contribution in [1.82, 2.24) is 0 Å². The van der Waals surface area contributed by atoms with E-state index >= 15 is 0 Å². The lowest BCUT2D eigenvalue weighted by molar-refractivity contribution is 0.228. The predicted octanol–water partition coefficient (Wildman–Crippen LogP) is 2.81. The van der Waals surface area contributed by atoms with E-state index in [4.69, 9.17) is 0 Å². The molecule has 1 atom stereocenters. The maximum atomic E-state index is 12.7. The number of rotatable bonds is 2. The Bertz CT molecular complexity index is 299. The summed E-state index contributed by atoms with van der Waals surface area (Å²) in [5, 5.41) is 9.32. The van der Waals surface area contributed by atoms with Crippen LogP contribution in [-0.2, 0) is 0 Å². The molecular formula is C9H8BrFO. The minimum Gasteiger partial charge on any atom is -0.384 e. The van der Waals surface area contributed by atoms with Crippen LogP contribution in [0.25, 0.3) is 0 Å². The molecule has 3 heteroatoms. The first-order chi connectivity index (χ1) is 5.65. The Morgan fingerprint density at radius 3 is 2.83 bits per heavy atom. The molecule has 1 aromatic rings. The van der Waals surface area contributed by atoms with E-state index in [2.05, 4.69) is 22.5 Å². The van der Waals surface area contributed by atoms with Gasteiger partial charge in [-0.15, -0.1) is 6.58 Å². The minimum absolute atomic E-state index is 0.367. The third kappa shape index (κ3) is 1.93. The van der Waals surface area contributed by atoms with Crippen LogP contribution in [0.2, 0.25) is 0 Å². The first-order valence-electron chi connectivity index (χ1n) is 3.40. The van der Waals surface area contributed by atoms with Crippen LogP contribution in [0.3, 0.4) is 0 Å². The summed E-state index contributed by atoms with van der Waals surface area (Å²) in [6.07, 6.45) is 0.523. The summed E-state index contributed by atoms with van der Waals surface area (Å²) in [7, 11) is 0. The lowest BCUT2D eigenvalue weighted by Gasteiger charge is -2.07. The van der Waals surface area contributed by atoms with Gasteiger partial charge in [0.05, 0.1) is 6.10 Å². The molecule has 0 aliphatic heterocycles. The average Bonchev–Trinajstić information content (AvgIpc) is 2.08. The Balaban J connectivity index is 3.12. The zero-order valence-electron chi connectivity index (χ0n) is 6.30. The molecule has 0 aliphatic rings. The van der Waals surface area contributed by atoms with Crippen LogP contribution >= 0.6 is 15.9 Å². The van der Waals surface area contributed by atoms with Gasteiger partial charge in [0, 0.05) is 10.0 Å². The van der Waals surface area contributed by atoms with Crippen LogP contribution in [0.1, 0.15) is 11.7 Å². The summed E-state index contributed by atoms with van der Waals surface area (Å²) in [5.74, 6) is -0.367. The van der Waals surface area contributed by atoms with E-state index in [-0.39, 0.29) is 5.82 Å². The zero-order valence-corrected chi connectivity index (χ0v) is 7.88. The summed E-state index contributed by atoms with van der Waals surface area (Å²) in [6, 6.07) is 4.15. The van der Waals surface area contributed by atoms with Gasteiger partial charge in [-0.05, 0) is 18.2 Å². The monoisotopic (exact) mass is 230 g/mol. The third-order valence-electron chi connectivity index (χ3n) is 1.50. The van der Waals surface area contributed by atoms with Crippen molar-refractivity contribution in [2.24, 2.45) is 0 Å². The first-order valence-corrected chi connectivity index (χ1v) is 4.20. The van der Waals surface area contributed by atoms with Crippen LogP contribution in [0, 0.1) is 5.82 Å². The molecule has 0 heterocycles. The average molecular weight is 231 g/mol. The molecule has 0 amide bonds. The van der Waals surface area contributed by atoms with Gasteiger partial charge >= 0.3 is 0 Å². The highest BCUT2D eigenvalue weighted by molar-refractivity contribution is 9.10. The van der Waals surface area contributed by atoms with Crippen LogP contribution in [-0.4, -0.2) is 5.11 Å². The summed E-state index contributed by atoms with van der Waals surface area (Å²) in [5.41, 5.74) is 0.491. The maximum absolute atomic E-state index is 12.7. The van der Waals surface area contributed by atoms with Gasteiger partial charge in [0.1, 0.15) is 5.82 Å². The second kappa shape index (κ2) is 3.83. The van der Waals surface area contributed by atoms with Crippen molar-refractivity contribution >= 4 is 15.9 Å².